The minimum absolute atomic E-state index is 0. The fourth-order valence-corrected chi connectivity index (χ4v) is 2.24. The summed E-state index contributed by atoms with van der Waals surface area (Å²) < 4.78 is 42.0. The molecule has 0 aromatic rings. The molecular weight excluding hydrogens is 398 g/mol. The Morgan fingerprint density at radius 1 is 0.792 bits per heavy atom. The van der Waals surface area contributed by atoms with Crippen molar-refractivity contribution in [1.82, 2.24) is 0 Å². The molecule has 0 aromatic heterocycles. The molecule has 0 aliphatic rings. The van der Waals surface area contributed by atoms with Crippen molar-refractivity contribution in [3.05, 3.63) is 0 Å². The summed E-state index contributed by atoms with van der Waals surface area (Å²) in [6, 6.07) is 0. The fourth-order valence-electron chi connectivity index (χ4n) is 1.74. The molecule has 0 bridgehead atoms. The summed E-state index contributed by atoms with van der Waals surface area (Å²) in [5, 5.41) is 0. The Balaban J connectivity index is -0.000000151. The Kier molecular flexibility index (Phi) is 32.8. The van der Waals surface area contributed by atoms with Crippen molar-refractivity contribution in [2.75, 3.05) is 0 Å². The number of hydrogen-bond acceptors (Lipinski definition) is 3. The standard InChI is InChI=1S/C12H25.Ca.Na.H3O4P.H2O4S.2H/c1-3-5-7-9-11-12-10-8-6-4-2;;;2*1-5(2,3)4;;/h1,3-12H2,2H3;;;(H3,1,2,3,4);(H2,1,2,3,4);;. The van der Waals surface area contributed by atoms with Crippen molar-refractivity contribution in [1.29, 1.82) is 0 Å². The first-order valence-electron chi connectivity index (χ1n) is 7.90. The van der Waals surface area contributed by atoms with Gasteiger partial charge in [0.25, 0.3) is 0 Å². The molecule has 142 valence electrons. The molecule has 0 saturated heterocycles. The fraction of sp³-hybridized carbons (Fsp3) is 1.00. The van der Waals surface area contributed by atoms with Crippen LogP contribution >= 0.6 is 7.82 Å². The number of rotatable bonds is 10. The van der Waals surface area contributed by atoms with Gasteiger partial charge in [0.2, 0.25) is 0 Å². The Morgan fingerprint density at radius 2 is 1.00 bits per heavy atom. The summed E-state index contributed by atoms with van der Waals surface area (Å²) in [6.45, 7) is 2.29. The van der Waals surface area contributed by atoms with E-state index in [2.05, 4.69) is 6.92 Å². The van der Waals surface area contributed by atoms with Crippen LogP contribution in [0.25, 0.3) is 0 Å². The molecule has 0 aliphatic heterocycles. The van der Waals surface area contributed by atoms with E-state index in [0.717, 1.165) is 0 Å². The molecule has 0 unspecified atom stereocenters. The van der Waals surface area contributed by atoms with E-state index in [9.17, 15) is 0 Å². The van der Waals surface area contributed by atoms with Crippen LogP contribution in [-0.4, -0.2) is 97.9 Å². The summed E-state index contributed by atoms with van der Waals surface area (Å²) in [5.74, 6) is 0. The number of hydrogen-bond donors (Lipinski definition) is 5. The van der Waals surface area contributed by atoms with Crippen molar-refractivity contribution in [2.24, 2.45) is 0 Å². The third-order valence-corrected chi connectivity index (χ3v) is 3.41. The van der Waals surface area contributed by atoms with Crippen LogP contribution in [0.2, 0.25) is 3.67 Å². The first-order valence-corrected chi connectivity index (χ1v) is 12.3. The molecule has 0 amide bonds. The van der Waals surface area contributed by atoms with Gasteiger partial charge in [0.1, 0.15) is 0 Å². The van der Waals surface area contributed by atoms with E-state index in [1.54, 1.807) is 0 Å². The zero-order valence-electron chi connectivity index (χ0n) is 14.1. The quantitative estimate of drug-likeness (QED) is 0.153. The Morgan fingerprint density at radius 3 is 1.21 bits per heavy atom. The number of unbranched alkanes of at least 4 members (excludes halogenated alkanes) is 9. The Bertz CT molecular complexity index is 351. The van der Waals surface area contributed by atoms with Gasteiger partial charge in [-0.15, -0.1) is 0 Å². The van der Waals surface area contributed by atoms with Crippen LogP contribution < -0.4 is 0 Å². The predicted molar refractivity (Wildman–Crippen MR) is 99.4 cm³/mol. The summed E-state index contributed by atoms with van der Waals surface area (Å²) in [7, 11) is -9.31. The van der Waals surface area contributed by atoms with Crippen molar-refractivity contribution >= 4 is 83.9 Å². The molecule has 5 N–H and O–H groups in total. The second kappa shape index (κ2) is 23.3. The van der Waals surface area contributed by atoms with E-state index in [0.29, 0.717) is 0 Å². The summed E-state index contributed by atoms with van der Waals surface area (Å²) in [5.41, 5.74) is 0. The molecule has 0 spiro atoms. The van der Waals surface area contributed by atoms with Crippen LogP contribution in [0.3, 0.4) is 0 Å². The van der Waals surface area contributed by atoms with E-state index < -0.39 is 18.2 Å². The van der Waals surface area contributed by atoms with Crippen LogP contribution in [0.4, 0.5) is 0 Å². The second-order valence-corrected chi connectivity index (χ2v) is 8.07. The van der Waals surface area contributed by atoms with E-state index in [-0.39, 0.29) is 37.7 Å². The zero-order valence-corrected chi connectivity index (χ0v) is 17.8. The van der Waals surface area contributed by atoms with Gasteiger partial charge in [-0.3, -0.25) is 9.11 Å². The maximum atomic E-state index is 8.88. The number of phosphoric acid groups is 1. The average Bonchev–Trinajstić information content (AvgIpc) is 2.33. The van der Waals surface area contributed by atoms with E-state index >= 15 is 0 Å². The first-order chi connectivity index (χ1) is 10.4. The van der Waals surface area contributed by atoms with Crippen molar-refractivity contribution < 1.29 is 36.8 Å². The molecule has 0 radical (unpaired) electrons. The van der Waals surface area contributed by atoms with Gasteiger partial charge in [-0.25, -0.2) is 4.57 Å². The third kappa shape index (κ3) is 87.4. The van der Waals surface area contributed by atoms with Gasteiger partial charge in [-0.2, -0.15) is 8.42 Å². The van der Waals surface area contributed by atoms with Gasteiger partial charge in [0, 0.05) is 0 Å². The zero-order chi connectivity index (χ0) is 18.8. The van der Waals surface area contributed by atoms with Crippen LogP contribution in [-0.2, 0) is 15.0 Å². The third-order valence-electron chi connectivity index (χ3n) is 2.71. The summed E-state index contributed by atoms with van der Waals surface area (Å²) in [4.78, 5) is 21.6. The molecule has 0 heterocycles. The topological polar surface area (TPSA) is 152 Å². The molecule has 0 aromatic carbocycles. The van der Waals surface area contributed by atoms with Crippen LogP contribution in [0.15, 0.2) is 0 Å². The molecular formula is C12H32CaNaO8PS. The van der Waals surface area contributed by atoms with Gasteiger partial charge in [0.05, 0.1) is 0 Å². The minimum atomic E-state index is -4.67. The van der Waals surface area contributed by atoms with Crippen molar-refractivity contribution in [3.63, 3.8) is 0 Å². The van der Waals surface area contributed by atoms with Gasteiger partial charge in [0.15, 0.2) is 0 Å². The van der Waals surface area contributed by atoms with Crippen LogP contribution in [0.1, 0.15) is 71.1 Å². The van der Waals surface area contributed by atoms with E-state index in [1.165, 1.54) is 95.8 Å². The Labute approximate surface area is 193 Å². The maximum absolute atomic E-state index is 8.88. The van der Waals surface area contributed by atoms with Gasteiger partial charge in [-0.05, 0) is 0 Å². The average molecular weight is 430 g/mol. The normalized spacial score (nSPS) is 10.7. The molecule has 8 nitrogen and oxygen atoms in total. The molecule has 0 atom stereocenters. The van der Waals surface area contributed by atoms with Crippen LogP contribution in [0, 0.1) is 0 Å². The van der Waals surface area contributed by atoms with Crippen molar-refractivity contribution in [2.45, 2.75) is 74.8 Å². The second-order valence-electron chi connectivity index (χ2n) is 5.14. The van der Waals surface area contributed by atoms with E-state index in [4.69, 9.17) is 36.8 Å². The molecule has 0 rings (SSSR count). The molecule has 0 saturated carbocycles. The molecule has 0 fully saturated rings. The summed E-state index contributed by atoms with van der Waals surface area (Å²) in [6.07, 6.45) is 14.7. The van der Waals surface area contributed by atoms with Crippen LogP contribution in [0.5, 0.6) is 0 Å². The summed E-state index contributed by atoms with van der Waals surface area (Å²) >= 11 is 1.41. The first kappa shape index (κ1) is 33.8. The van der Waals surface area contributed by atoms with Crippen molar-refractivity contribution in [3.8, 4) is 0 Å². The molecule has 12 heteroatoms. The van der Waals surface area contributed by atoms with Gasteiger partial charge < -0.3 is 14.7 Å². The van der Waals surface area contributed by atoms with Gasteiger partial charge in [-0.1, -0.05) is 0 Å². The molecule has 24 heavy (non-hydrogen) atoms. The predicted octanol–water partition coefficient (Wildman–Crippen LogP) is 2.00. The Hall–Kier alpha value is 2.24. The van der Waals surface area contributed by atoms with Gasteiger partial charge >= 0.3 is 159 Å². The molecule has 0 aliphatic carbocycles. The SMILES string of the molecule is CCCCCCCCCCC[CH2][Na].O=P(O)(O)O.O=S(=O)(O)O.[CaH2]. The monoisotopic (exact) mass is 430 g/mol. The van der Waals surface area contributed by atoms with E-state index in [1.807, 2.05) is 0 Å².